The van der Waals surface area contributed by atoms with Crippen molar-refractivity contribution in [3.63, 3.8) is 0 Å². The van der Waals surface area contributed by atoms with E-state index in [2.05, 4.69) is 10.3 Å². The second kappa shape index (κ2) is 5.35. The number of hydrogen-bond acceptors (Lipinski definition) is 5. The molecule has 0 aliphatic carbocycles. The molecule has 1 unspecified atom stereocenters. The summed E-state index contributed by atoms with van der Waals surface area (Å²) in [6, 6.07) is 3.63. The molecule has 0 aromatic carbocycles. The van der Waals surface area contributed by atoms with Crippen LogP contribution in [0.4, 0.5) is 11.5 Å². The Balaban J connectivity index is 2.06. The highest BCUT2D eigenvalue weighted by atomic mass is 32.2. The lowest BCUT2D eigenvalue weighted by Crippen LogP contribution is -2.26. The van der Waals surface area contributed by atoms with Crippen LogP contribution in [0.5, 0.6) is 0 Å². The molecule has 1 atom stereocenters. The lowest BCUT2D eigenvalue weighted by Gasteiger charge is -2.22. The summed E-state index contributed by atoms with van der Waals surface area (Å²) in [6.45, 7) is 1.67. The van der Waals surface area contributed by atoms with E-state index in [-0.39, 0.29) is 5.69 Å². The van der Waals surface area contributed by atoms with Crippen molar-refractivity contribution in [2.24, 2.45) is 0 Å². The van der Waals surface area contributed by atoms with E-state index in [1.165, 1.54) is 18.2 Å². The number of nitrogens with one attached hydrogen (secondary N) is 1. The van der Waals surface area contributed by atoms with Gasteiger partial charge in [-0.1, -0.05) is 0 Å². The first kappa shape index (κ1) is 12.2. The van der Waals surface area contributed by atoms with E-state index in [4.69, 9.17) is 0 Å². The number of hydrogen-bond donors (Lipinski definition) is 1. The fraction of sp³-hybridized carbons (Fsp3) is 0.545. The van der Waals surface area contributed by atoms with Gasteiger partial charge in [0.25, 0.3) is 5.69 Å². The van der Waals surface area contributed by atoms with Gasteiger partial charge in [-0.05, 0) is 31.6 Å². The minimum Gasteiger partial charge on any atom is -0.366 e. The zero-order valence-corrected chi connectivity index (χ0v) is 10.5. The third-order valence-corrected chi connectivity index (χ3v) is 3.98. The Morgan fingerprint density at radius 2 is 2.41 bits per heavy atom. The van der Waals surface area contributed by atoms with Crippen LogP contribution >= 0.6 is 11.8 Å². The molecule has 5 nitrogen and oxygen atoms in total. The molecule has 0 bridgehead atoms. The summed E-state index contributed by atoms with van der Waals surface area (Å²) in [5, 5.41) is 14.0. The lowest BCUT2D eigenvalue weighted by atomic mass is 10.2. The molecule has 0 amide bonds. The molecule has 1 N–H and O–H groups in total. The van der Waals surface area contributed by atoms with Crippen LogP contribution in [0.1, 0.15) is 18.5 Å². The average molecular weight is 253 g/mol. The van der Waals surface area contributed by atoms with Crippen molar-refractivity contribution in [1.29, 1.82) is 0 Å². The van der Waals surface area contributed by atoms with Crippen molar-refractivity contribution < 1.29 is 4.92 Å². The third-order valence-electron chi connectivity index (χ3n) is 2.77. The summed E-state index contributed by atoms with van der Waals surface area (Å²) in [7, 11) is 0. The highest BCUT2D eigenvalue weighted by molar-refractivity contribution is 7.99. The maximum Gasteiger partial charge on any atom is 0.290 e. The fourth-order valence-electron chi connectivity index (χ4n) is 1.89. The molecule has 17 heavy (non-hydrogen) atoms. The number of anilines is 1. The van der Waals surface area contributed by atoms with Crippen molar-refractivity contribution in [2.45, 2.75) is 25.8 Å². The number of pyridine rings is 1. The van der Waals surface area contributed by atoms with Gasteiger partial charge in [0.15, 0.2) is 0 Å². The van der Waals surface area contributed by atoms with E-state index in [1.807, 2.05) is 11.8 Å². The van der Waals surface area contributed by atoms with Gasteiger partial charge in [0, 0.05) is 17.9 Å². The second-order valence-corrected chi connectivity index (χ2v) is 5.27. The Labute approximate surface area is 104 Å². The van der Waals surface area contributed by atoms with E-state index >= 15 is 0 Å². The van der Waals surface area contributed by atoms with Crippen LogP contribution in [-0.2, 0) is 0 Å². The summed E-state index contributed by atoms with van der Waals surface area (Å²) < 4.78 is 0. The van der Waals surface area contributed by atoms with E-state index in [1.54, 1.807) is 13.0 Å². The first-order valence-electron chi connectivity index (χ1n) is 5.63. The predicted molar refractivity (Wildman–Crippen MR) is 69.6 cm³/mol. The molecule has 0 radical (unpaired) electrons. The maximum atomic E-state index is 10.7. The van der Waals surface area contributed by atoms with E-state index in [9.17, 15) is 10.1 Å². The van der Waals surface area contributed by atoms with Gasteiger partial charge in [-0.15, -0.1) is 0 Å². The molecule has 1 aromatic rings. The van der Waals surface area contributed by atoms with Gasteiger partial charge >= 0.3 is 0 Å². The van der Waals surface area contributed by atoms with Gasteiger partial charge in [-0.3, -0.25) is 10.1 Å². The molecular formula is C11H15N3O2S. The standard InChI is InChI=1S/C11H15N3O2S/c1-8-10(14(15)16)4-5-11(12-8)13-9-3-2-6-17-7-9/h4-5,9H,2-3,6-7H2,1H3,(H,12,13). The minimum atomic E-state index is -0.400. The lowest BCUT2D eigenvalue weighted by molar-refractivity contribution is -0.385. The number of thioether (sulfide) groups is 1. The Bertz CT molecular complexity index is 419. The van der Waals surface area contributed by atoms with Crippen LogP contribution in [0.15, 0.2) is 12.1 Å². The van der Waals surface area contributed by atoms with Crippen molar-refractivity contribution in [3.8, 4) is 0 Å². The quantitative estimate of drug-likeness (QED) is 0.662. The summed E-state index contributed by atoms with van der Waals surface area (Å²) in [6.07, 6.45) is 2.36. The molecule has 1 aliphatic heterocycles. The van der Waals surface area contributed by atoms with Crippen molar-refractivity contribution in [3.05, 3.63) is 27.9 Å². The normalized spacial score (nSPS) is 19.9. The van der Waals surface area contributed by atoms with Gasteiger partial charge in [-0.2, -0.15) is 11.8 Å². The largest absolute Gasteiger partial charge is 0.366 e. The number of rotatable bonds is 3. The van der Waals surface area contributed by atoms with Crippen LogP contribution in [-0.4, -0.2) is 27.5 Å². The Hall–Kier alpha value is -1.30. The topological polar surface area (TPSA) is 68.1 Å². The molecule has 1 saturated heterocycles. The summed E-state index contributed by atoms with van der Waals surface area (Å²) in [4.78, 5) is 14.5. The molecule has 92 valence electrons. The SMILES string of the molecule is Cc1nc(NC2CCCSC2)ccc1[N+](=O)[O-]. The second-order valence-electron chi connectivity index (χ2n) is 4.12. The monoisotopic (exact) mass is 253 g/mol. The molecular weight excluding hydrogens is 238 g/mol. The smallest absolute Gasteiger partial charge is 0.290 e. The number of nitro groups is 1. The summed E-state index contributed by atoms with van der Waals surface area (Å²) in [5.41, 5.74) is 0.539. The van der Waals surface area contributed by atoms with Crippen LogP contribution in [0.2, 0.25) is 0 Å². The van der Waals surface area contributed by atoms with E-state index < -0.39 is 4.92 Å². The first-order chi connectivity index (χ1) is 8.16. The predicted octanol–water partition coefficient (Wildman–Crippen LogP) is 2.61. The van der Waals surface area contributed by atoms with Crippen LogP contribution < -0.4 is 5.32 Å². The first-order valence-corrected chi connectivity index (χ1v) is 6.78. The molecule has 0 saturated carbocycles. The number of aromatic nitrogens is 1. The van der Waals surface area contributed by atoms with Gasteiger partial charge in [0.1, 0.15) is 11.5 Å². The molecule has 2 rings (SSSR count). The Morgan fingerprint density at radius 1 is 1.59 bits per heavy atom. The molecule has 0 spiro atoms. The average Bonchev–Trinajstić information content (AvgIpc) is 2.30. The van der Waals surface area contributed by atoms with Crippen molar-refractivity contribution in [1.82, 2.24) is 4.98 Å². The van der Waals surface area contributed by atoms with Crippen LogP contribution in [0.25, 0.3) is 0 Å². The van der Waals surface area contributed by atoms with Crippen molar-refractivity contribution in [2.75, 3.05) is 16.8 Å². The molecule has 1 fully saturated rings. The number of nitrogens with zero attached hydrogens (tertiary/aromatic N) is 2. The summed E-state index contributed by atoms with van der Waals surface area (Å²) in [5.74, 6) is 3.04. The number of aryl methyl sites for hydroxylation is 1. The Kier molecular flexibility index (Phi) is 3.83. The molecule has 6 heteroatoms. The molecule has 1 aliphatic rings. The maximum absolute atomic E-state index is 10.7. The van der Waals surface area contributed by atoms with Crippen LogP contribution in [0, 0.1) is 17.0 Å². The third kappa shape index (κ3) is 3.09. The van der Waals surface area contributed by atoms with E-state index in [0.717, 1.165) is 18.0 Å². The van der Waals surface area contributed by atoms with Gasteiger partial charge < -0.3 is 5.32 Å². The molecule has 1 aromatic heterocycles. The van der Waals surface area contributed by atoms with Crippen LogP contribution in [0.3, 0.4) is 0 Å². The fourth-order valence-corrected chi connectivity index (χ4v) is 2.96. The van der Waals surface area contributed by atoms with Gasteiger partial charge in [0.05, 0.1) is 4.92 Å². The molecule has 2 heterocycles. The zero-order chi connectivity index (χ0) is 12.3. The van der Waals surface area contributed by atoms with E-state index in [0.29, 0.717) is 11.7 Å². The highest BCUT2D eigenvalue weighted by Crippen LogP contribution is 2.22. The van der Waals surface area contributed by atoms with Gasteiger partial charge in [0.2, 0.25) is 0 Å². The summed E-state index contributed by atoms with van der Waals surface area (Å²) >= 11 is 1.94. The van der Waals surface area contributed by atoms with Gasteiger partial charge in [-0.25, -0.2) is 4.98 Å². The minimum absolute atomic E-state index is 0.0774. The Morgan fingerprint density at radius 3 is 3.00 bits per heavy atom. The van der Waals surface area contributed by atoms with Crippen molar-refractivity contribution >= 4 is 23.3 Å². The zero-order valence-electron chi connectivity index (χ0n) is 9.68. The highest BCUT2D eigenvalue weighted by Gasteiger charge is 2.16.